The quantitative estimate of drug-likeness (QED) is 0.264. The summed E-state index contributed by atoms with van der Waals surface area (Å²) in [7, 11) is 1.53. The highest BCUT2D eigenvalue weighted by atomic mass is 32.2. The van der Waals surface area contributed by atoms with Gasteiger partial charge in [-0.3, -0.25) is 9.59 Å². The number of anilines is 1. The van der Waals surface area contributed by atoms with Crippen LogP contribution in [-0.2, 0) is 20.9 Å². The fraction of sp³-hybridized carbons (Fsp3) is 0.222. The minimum Gasteiger partial charge on any atom is -0.495 e. The van der Waals surface area contributed by atoms with Crippen LogP contribution in [0.15, 0.2) is 71.9 Å². The zero-order valence-corrected chi connectivity index (χ0v) is 20.7. The number of nitrogens with one attached hydrogen (secondary N) is 1. The Morgan fingerprint density at radius 1 is 1.00 bits per heavy atom. The van der Waals surface area contributed by atoms with Gasteiger partial charge >= 0.3 is 5.97 Å². The average Bonchev–Trinajstić information content (AvgIpc) is 3.19. The van der Waals surface area contributed by atoms with E-state index in [2.05, 4.69) is 35.0 Å². The molecule has 35 heavy (non-hydrogen) atoms. The van der Waals surface area contributed by atoms with Crippen LogP contribution in [-0.4, -0.2) is 40.9 Å². The van der Waals surface area contributed by atoms with Crippen LogP contribution >= 0.6 is 11.8 Å². The smallest absolute Gasteiger partial charge is 0.316 e. The molecule has 3 aromatic carbocycles. The molecule has 0 atom stereocenters. The Balaban J connectivity index is 1.38. The number of aryl methyl sites for hydroxylation is 2. The molecule has 0 aliphatic carbocycles. The topological polar surface area (TPSA) is 82.4 Å². The predicted octanol–water partition coefficient (Wildman–Crippen LogP) is 4.98. The second kappa shape index (κ2) is 11.1. The normalized spacial score (nSPS) is 10.8. The number of benzene rings is 3. The molecule has 0 bridgehead atoms. The highest BCUT2D eigenvalue weighted by Crippen LogP contribution is 2.26. The van der Waals surface area contributed by atoms with Crippen molar-refractivity contribution in [1.82, 2.24) is 9.55 Å². The molecule has 0 unspecified atom stereocenters. The fourth-order valence-corrected chi connectivity index (χ4v) is 4.54. The van der Waals surface area contributed by atoms with E-state index in [1.54, 1.807) is 12.1 Å². The van der Waals surface area contributed by atoms with E-state index in [1.807, 2.05) is 43.3 Å². The van der Waals surface area contributed by atoms with Crippen molar-refractivity contribution >= 4 is 40.4 Å². The lowest BCUT2D eigenvalue weighted by Crippen LogP contribution is -2.22. The molecule has 0 radical (unpaired) electrons. The van der Waals surface area contributed by atoms with E-state index in [0.717, 1.165) is 27.3 Å². The largest absolute Gasteiger partial charge is 0.495 e. The van der Waals surface area contributed by atoms with Crippen molar-refractivity contribution in [2.45, 2.75) is 25.5 Å². The minimum absolute atomic E-state index is 0.0399. The Morgan fingerprint density at radius 2 is 1.80 bits per heavy atom. The number of carbonyl (C=O) groups excluding carboxylic acids is 2. The number of rotatable bonds is 9. The number of aromatic nitrogens is 2. The van der Waals surface area contributed by atoms with Crippen LogP contribution in [0.4, 0.5) is 5.69 Å². The zero-order valence-electron chi connectivity index (χ0n) is 19.9. The van der Waals surface area contributed by atoms with E-state index in [4.69, 9.17) is 14.5 Å². The van der Waals surface area contributed by atoms with Crippen molar-refractivity contribution in [3.63, 3.8) is 0 Å². The molecule has 180 valence electrons. The number of para-hydroxylation sites is 2. The van der Waals surface area contributed by atoms with Gasteiger partial charge in [0.25, 0.3) is 5.91 Å². The van der Waals surface area contributed by atoms with Crippen LogP contribution in [0.25, 0.3) is 11.0 Å². The van der Waals surface area contributed by atoms with Gasteiger partial charge in [0.1, 0.15) is 5.75 Å². The summed E-state index contributed by atoms with van der Waals surface area (Å²) in [4.78, 5) is 29.4. The van der Waals surface area contributed by atoms with Crippen LogP contribution in [0.5, 0.6) is 5.75 Å². The second-order valence-corrected chi connectivity index (χ2v) is 9.10. The lowest BCUT2D eigenvalue weighted by Gasteiger charge is -2.11. The maximum absolute atomic E-state index is 12.4. The molecule has 1 aromatic heterocycles. The third-order valence-corrected chi connectivity index (χ3v) is 6.31. The molecular weight excluding hydrogens is 462 g/mol. The number of fused-ring (bicyclic) bond motifs is 1. The molecule has 0 fully saturated rings. The molecule has 1 heterocycles. The molecule has 8 heteroatoms. The Kier molecular flexibility index (Phi) is 7.72. The summed E-state index contributed by atoms with van der Waals surface area (Å²) in [5.74, 6) is -0.342. The van der Waals surface area contributed by atoms with Crippen LogP contribution in [0, 0.1) is 13.8 Å². The first-order valence-corrected chi connectivity index (χ1v) is 12.1. The first-order valence-electron chi connectivity index (χ1n) is 11.2. The van der Waals surface area contributed by atoms with Crippen LogP contribution in [0.2, 0.25) is 0 Å². The average molecular weight is 490 g/mol. The summed E-state index contributed by atoms with van der Waals surface area (Å²) in [5, 5.41) is 3.45. The SMILES string of the molecule is COc1ccc(C)cc1NC(=O)COC(=O)CSc1nc2ccccc2n1Cc1cccc(C)c1. The van der Waals surface area contributed by atoms with Crippen molar-refractivity contribution in [2.75, 3.05) is 24.8 Å². The number of carbonyl (C=O) groups is 2. The molecule has 0 saturated heterocycles. The minimum atomic E-state index is -0.490. The van der Waals surface area contributed by atoms with Gasteiger partial charge < -0.3 is 19.4 Å². The van der Waals surface area contributed by atoms with Gasteiger partial charge in [0.05, 0.1) is 36.1 Å². The number of amides is 1. The molecule has 1 N–H and O–H groups in total. The van der Waals surface area contributed by atoms with Crippen molar-refractivity contribution in [3.8, 4) is 5.75 Å². The van der Waals surface area contributed by atoms with Gasteiger partial charge in [-0.25, -0.2) is 4.98 Å². The number of nitrogens with zero attached hydrogens (tertiary/aromatic N) is 2. The molecule has 1 amide bonds. The third kappa shape index (κ3) is 6.22. The van der Waals surface area contributed by atoms with E-state index >= 15 is 0 Å². The summed E-state index contributed by atoms with van der Waals surface area (Å²) in [6.45, 7) is 4.24. The lowest BCUT2D eigenvalue weighted by atomic mass is 10.1. The molecule has 0 saturated carbocycles. The number of thioether (sulfide) groups is 1. The van der Waals surface area contributed by atoms with Crippen molar-refractivity contribution in [3.05, 3.63) is 83.4 Å². The molecule has 0 aliphatic heterocycles. The number of hydrogen-bond donors (Lipinski definition) is 1. The summed E-state index contributed by atoms with van der Waals surface area (Å²) in [5.41, 5.74) is 5.71. The predicted molar refractivity (Wildman–Crippen MR) is 138 cm³/mol. The second-order valence-electron chi connectivity index (χ2n) is 8.16. The molecule has 4 aromatic rings. The van der Waals surface area contributed by atoms with E-state index in [0.29, 0.717) is 18.0 Å². The molecule has 4 rings (SSSR count). The summed E-state index contributed by atoms with van der Waals surface area (Å²) < 4.78 is 12.6. The molecule has 0 aliphatic rings. The summed E-state index contributed by atoms with van der Waals surface area (Å²) >= 11 is 1.29. The van der Waals surface area contributed by atoms with Gasteiger partial charge in [-0.2, -0.15) is 0 Å². The van der Waals surface area contributed by atoms with Crippen molar-refractivity contribution in [1.29, 1.82) is 0 Å². The third-order valence-electron chi connectivity index (χ3n) is 5.36. The van der Waals surface area contributed by atoms with Crippen LogP contribution in [0.3, 0.4) is 0 Å². The number of hydrogen-bond acceptors (Lipinski definition) is 6. The molecular formula is C27H27N3O4S. The van der Waals surface area contributed by atoms with Gasteiger partial charge in [0, 0.05) is 0 Å². The highest BCUT2D eigenvalue weighted by Gasteiger charge is 2.15. The fourth-order valence-electron chi connectivity index (χ4n) is 3.73. The first kappa shape index (κ1) is 24.3. The van der Waals surface area contributed by atoms with Gasteiger partial charge in [0.15, 0.2) is 11.8 Å². The van der Waals surface area contributed by atoms with E-state index in [1.165, 1.54) is 24.4 Å². The van der Waals surface area contributed by atoms with Gasteiger partial charge in [0.2, 0.25) is 0 Å². The van der Waals surface area contributed by atoms with Crippen molar-refractivity contribution < 1.29 is 19.1 Å². The van der Waals surface area contributed by atoms with E-state index in [-0.39, 0.29) is 12.4 Å². The van der Waals surface area contributed by atoms with Gasteiger partial charge in [-0.15, -0.1) is 0 Å². The Hall–Kier alpha value is -3.78. The van der Waals surface area contributed by atoms with Crippen LogP contribution < -0.4 is 10.1 Å². The van der Waals surface area contributed by atoms with Gasteiger partial charge in [-0.1, -0.05) is 59.8 Å². The summed E-state index contributed by atoms with van der Waals surface area (Å²) in [6, 6.07) is 21.7. The number of esters is 1. The first-order chi connectivity index (χ1) is 16.9. The highest BCUT2D eigenvalue weighted by molar-refractivity contribution is 7.99. The maximum Gasteiger partial charge on any atom is 0.316 e. The van der Waals surface area contributed by atoms with Crippen molar-refractivity contribution in [2.24, 2.45) is 0 Å². The van der Waals surface area contributed by atoms with E-state index in [9.17, 15) is 9.59 Å². The Labute approximate surface area is 208 Å². The number of ether oxygens (including phenoxy) is 2. The van der Waals surface area contributed by atoms with Crippen LogP contribution in [0.1, 0.15) is 16.7 Å². The lowest BCUT2D eigenvalue weighted by molar-refractivity contribution is -0.144. The maximum atomic E-state index is 12.4. The standard InChI is InChI=1S/C27H27N3O4S/c1-18-7-6-8-20(13-18)15-30-23-10-5-4-9-21(23)29-27(30)35-17-26(32)34-16-25(31)28-22-14-19(2)11-12-24(22)33-3/h4-14H,15-17H2,1-3H3,(H,28,31). The van der Waals surface area contributed by atoms with Gasteiger partial charge in [-0.05, 0) is 49.2 Å². The van der Waals surface area contributed by atoms with E-state index < -0.39 is 11.9 Å². The molecule has 0 spiro atoms. The Morgan fingerprint density at radius 3 is 2.60 bits per heavy atom. The number of methoxy groups -OCH3 is 1. The summed E-state index contributed by atoms with van der Waals surface area (Å²) in [6.07, 6.45) is 0. The Bertz CT molecular complexity index is 1370. The number of imidazole rings is 1. The zero-order chi connectivity index (χ0) is 24.8. The monoisotopic (exact) mass is 489 g/mol. The molecule has 7 nitrogen and oxygen atoms in total.